The standard InChI is InChI=1S/C14H19NO3S/c1-2-19(17,18)11-5-9-15-10-8-14(16)12-6-3-4-7-13(12)15/h3-4,6-7H,2,5,8-11H2,1H3. The number of carbonyl (C=O) groups is 1. The quantitative estimate of drug-likeness (QED) is 0.827. The van der Waals surface area contributed by atoms with Gasteiger partial charge in [0.15, 0.2) is 5.78 Å². The summed E-state index contributed by atoms with van der Waals surface area (Å²) in [6.45, 7) is 3.04. The van der Waals surface area contributed by atoms with Crippen LogP contribution in [0, 0.1) is 0 Å². The van der Waals surface area contributed by atoms with Crippen LogP contribution in [0.2, 0.25) is 0 Å². The Kier molecular flexibility index (Phi) is 4.24. The van der Waals surface area contributed by atoms with Crippen LogP contribution < -0.4 is 4.90 Å². The van der Waals surface area contributed by atoms with Crippen molar-refractivity contribution in [3.63, 3.8) is 0 Å². The molecule has 19 heavy (non-hydrogen) atoms. The largest absolute Gasteiger partial charge is 0.370 e. The van der Waals surface area contributed by atoms with Gasteiger partial charge in [0, 0.05) is 36.5 Å². The zero-order valence-electron chi connectivity index (χ0n) is 11.1. The Balaban J connectivity index is 2.03. The number of carbonyl (C=O) groups excluding carboxylic acids is 1. The normalized spacial score (nSPS) is 15.4. The topological polar surface area (TPSA) is 54.5 Å². The van der Waals surface area contributed by atoms with E-state index in [4.69, 9.17) is 0 Å². The van der Waals surface area contributed by atoms with Crippen LogP contribution in [0.4, 0.5) is 5.69 Å². The van der Waals surface area contributed by atoms with E-state index >= 15 is 0 Å². The molecule has 0 aromatic heterocycles. The number of rotatable bonds is 5. The highest BCUT2D eigenvalue weighted by Gasteiger charge is 2.22. The van der Waals surface area contributed by atoms with Gasteiger partial charge in [-0.2, -0.15) is 0 Å². The number of nitrogens with zero attached hydrogens (tertiary/aromatic N) is 1. The molecule has 0 N–H and O–H groups in total. The monoisotopic (exact) mass is 281 g/mol. The van der Waals surface area contributed by atoms with Crippen molar-refractivity contribution in [3.8, 4) is 0 Å². The van der Waals surface area contributed by atoms with E-state index in [1.807, 2.05) is 24.3 Å². The third-order valence-electron chi connectivity index (χ3n) is 3.48. The molecular formula is C14H19NO3S. The number of benzene rings is 1. The van der Waals surface area contributed by atoms with E-state index in [1.54, 1.807) is 6.92 Å². The summed E-state index contributed by atoms with van der Waals surface area (Å²) in [6.07, 6.45) is 1.12. The first-order valence-electron chi connectivity index (χ1n) is 6.61. The number of anilines is 1. The highest BCUT2D eigenvalue weighted by Crippen LogP contribution is 2.26. The van der Waals surface area contributed by atoms with E-state index < -0.39 is 9.84 Å². The number of Topliss-reactive ketones (excluding diaryl/α,β-unsaturated/α-hetero) is 1. The number of para-hydroxylation sites is 1. The average molecular weight is 281 g/mol. The second-order valence-corrected chi connectivity index (χ2v) is 7.24. The van der Waals surface area contributed by atoms with E-state index in [1.165, 1.54) is 0 Å². The van der Waals surface area contributed by atoms with Crippen molar-refractivity contribution in [3.05, 3.63) is 29.8 Å². The lowest BCUT2D eigenvalue weighted by atomic mass is 10.0. The third kappa shape index (κ3) is 3.35. The molecule has 1 aromatic carbocycles. The molecule has 0 bridgehead atoms. The van der Waals surface area contributed by atoms with Crippen LogP contribution in [-0.2, 0) is 9.84 Å². The van der Waals surface area contributed by atoms with E-state index in [0.717, 1.165) is 11.3 Å². The minimum absolute atomic E-state index is 0.174. The summed E-state index contributed by atoms with van der Waals surface area (Å²) in [7, 11) is -2.90. The van der Waals surface area contributed by atoms with Gasteiger partial charge in [0.2, 0.25) is 0 Å². The summed E-state index contributed by atoms with van der Waals surface area (Å²) in [6, 6.07) is 7.54. The molecule has 0 saturated carbocycles. The van der Waals surface area contributed by atoms with Crippen molar-refractivity contribution in [2.24, 2.45) is 0 Å². The summed E-state index contributed by atoms with van der Waals surface area (Å²) < 4.78 is 22.9. The molecule has 0 aliphatic carbocycles. The van der Waals surface area contributed by atoms with Crippen LogP contribution in [0.15, 0.2) is 24.3 Å². The zero-order valence-corrected chi connectivity index (χ0v) is 11.9. The van der Waals surface area contributed by atoms with Gasteiger partial charge in [-0.25, -0.2) is 8.42 Å². The van der Waals surface area contributed by atoms with Crippen molar-refractivity contribution in [2.45, 2.75) is 19.8 Å². The minimum atomic E-state index is -2.90. The summed E-state index contributed by atoms with van der Waals surface area (Å²) in [5, 5.41) is 0. The SMILES string of the molecule is CCS(=O)(=O)CCCN1CCC(=O)c2ccccc21. The van der Waals surface area contributed by atoms with Gasteiger partial charge in [-0.1, -0.05) is 19.1 Å². The highest BCUT2D eigenvalue weighted by molar-refractivity contribution is 7.91. The third-order valence-corrected chi connectivity index (χ3v) is 5.27. The Labute approximate surface area is 114 Å². The molecule has 0 atom stereocenters. The lowest BCUT2D eigenvalue weighted by Crippen LogP contribution is -2.33. The average Bonchev–Trinajstić information content (AvgIpc) is 2.42. The van der Waals surface area contributed by atoms with Gasteiger partial charge in [-0.3, -0.25) is 4.79 Å². The fraction of sp³-hybridized carbons (Fsp3) is 0.500. The lowest BCUT2D eigenvalue weighted by molar-refractivity contribution is 0.0980. The fourth-order valence-corrected chi connectivity index (χ4v) is 3.19. The van der Waals surface area contributed by atoms with Crippen molar-refractivity contribution < 1.29 is 13.2 Å². The molecule has 2 rings (SSSR count). The van der Waals surface area contributed by atoms with Crippen molar-refractivity contribution in [1.82, 2.24) is 0 Å². The molecule has 1 heterocycles. The summed E-state index contributed by atoms with van der Waals surface area (Å²) in [4.78, 5) is 13.9. The Bertz CT molecular complexity index is 566. The summed E-state index contributed by atoms with van der Waals surface area (Å²) >= 11 is 0. The number of fused-ring (bicyclic) bond motifs is 1. The van der Waals surface area contributed by atoms with Crippen LogP contribution >= 0.6 is 0 Å². The Hall–Kier alpha value is -1.36. The second kappa shape index (κ2) is 5.74. The van der Waals surface area contributed by atoms with Crippen LogP contribution in [0.25, 0.3) is 0 Å². The first-order chi connectivity index (χ1) is 9.03. The maximum absolute atomic E-state index is 11.8. The molecule has 104 valence electrons. The molecule has 0 saturated heterocycles. The van der Waals surface area contributed by atoms with Crippen LogP contribution in [0.3, 0.4) is 0 Å². The molecule has 4 nitrogen and oxygen atoms in total. The highest BCUT2D eigenvalue weighted by atomic mass is 32.2. The van der Waals surface area contributed by atoms with Gasteiger partial charge >= 0.3 is 0 Å². The first kappa shape index (κ1) is 14.1. The number of hydrogen-bond donors (Lipinski definition) is 0. The minimum Gasteiger partial charge on any atom is -0.370 e. The molecule has 5 heteroatoms. The van der Waals surface area contributed by atoms with Gasteiger partial charge in [0.05, 0.1) is 5.75 Å². The van der Waals surface area contributed by atoms with Gasteiger partial charge in [-0.05, 0) is 18.6 Å². The molecule has 0 spiro atoms. The lowest BCUT2D eigenvalue weighted by Gasteiger charge is -2.30. The number of sulfone groups is 1. The Morgan fingerprint density at radius 3 is 2.74 bits per heavy atom. The molecular weight excluding hydrogens is 262 g/mol. The number of hydrogen-bond acceptors (Lipinski definition) is 4. The molecule has 1 aromatic rings. The Morgan fingerprint density at radius 1 is 1.26 bits per heavy atom. The molecule has 0 radical (unpaired) electrons. The molecule has 0 amide bonds. The summed E-state index contributed by atoms with van der Waals surface area (Å²) in [5.74, 6) is 0.589. The van der Waals surface area contributed by atoms with Gasteiger partial charge < -0.3 is 4.90 Å². The molecule has 1 aliphatic heterocycles. The van der Waals surface area contributed by atoms with E-state index in [9.17, 15) is 13.2 Å². The molecule has 0 unspecified atom stereocenters. The van der Waals surface area contributed by atoms with Crippen LogP contribution in [0.1, 0.15) is 30.1 Å². The number of ketones is 1. The Morgan fingerprint density at radius 2 is 2.00 bits per heavy atom. The fourth-order valence-electron chi connectivity index (χ4n) is 2.33. The van der Waals surface area contributed by atoms with E-state index in [-0.39, 0.29) is 17.3 Å². The maximum Gasteiger partial charge on any atom is 0.166 e. The van der Waals surface area contributed by atoms with Gasteiger partial charge in [0.25, 0.3) is 0 Å². The zero-order chi connectivity index (χ0) is 13.9. The van der Waals surface area contributed by atoms with Crippen molar-refractivity contribution >= 4 is 21.3 Å². The van der Waals surface area contributed by atoms with Gasteiger partial charge in [0.1, 0.15) is 9.84 Å². The maximum atomic E-state index is 11.8. The van der Waals surface area contributed by atoms with Crippen LogP contribution in [0.5, 0.6) is 0 Å². The molecule has 0 fully saturated rings. The smallest absolute Gasteiger partial charge is 0.166 e. The summed E-state index contributed by atoms with van der Waals surface area (Å²) in [5.41, 5.74) is 1.69. The van der Waals surface area contributed by atoms with E-state index in [0.29, 0.717) is 25.9 Å². The van der Waals surface area contributed by atoms with Crippen LogP contribution in [-0.4, -0.2) is 38.8 Å². The first-order valence-corrected chi connectivity index (χ1v) is 8.43. The second-order valence-electron chi connectivity index (χ2n) is 4.77. The van der Waals surface area contributed by atoms with Crippen molar-refractivity contribution in [1.29, 1.82) is 0 Å². The predicted octanol–water partition coefficient (Wildman–Crippen LogP) is 1.90. The van der Waals surface area contributed by atoms with E-state index in [2.05, 4.69) is 4.90 Å². The van der Waals surface area contributed by atoms with Gasteiger partial charge in [-0.15, -0.1) is 0 Å². The van der Waals surface area contributed by atoms with Crippen molar-refractivity contribution in [2.75, 3.05) is 29.5 Å². The predicted molar refractivity (Wildman–Crippen MR) is 76.5 cm³/mol. The molecule has 1 aliphatic rings.